The molecule has 2 aromatic rings. The molecule has 2 aromatic heterocycles. The van der Waals surface area contributed by atoms with Gasteiger partial charge in [0.25, 0.3) is 0 Å². The lowest BCUT2D eigenvalue weighted by Gasteiger charge is -2.02. The van der Waals surface area contributed by atoms with Crippen LogP contribution in [-0.4, -0.2) is 39.0 Å². The number of nitrogens with zero attached hydrogens (tertiary/aromatic N) is 4. The molecule has 0 saturated heterocycles. The van der Waals surface area contributed by atoms with Crippen molar-refractivity contribution in [3.63, 3.8) is 0 Å². The molecule has 0 spiro atoms. The normalized spacial score (nSPS) is 10.5. The Morgan fingerprint density at radius 1 is 1.61 bits per heavy atom. The number of hydrogen-bond acceptors (Lipinski definition) is 7. The Kier molecular flexibility index (Phi) is 4.71. The molecule has 96 valence electrons. The van der Waals surface area contributed by atoms with Crippen LogP contribution in [0.25, 0.3) is 0 Å². The summed E-state index contributed by atoms with van der Waals surface area (Å²) in [6, 6.07) is 4.13. The molecular formula is C10H12N4O2S2. The summed E-state index contributed by atoms with van der Waals surface area (Å²) in [4.78, 5) is 12.5. The van der Waals surface area contributed by atoms with Gasteiger partial charge >= 0.3 is 5.97 Å². The van der Waals surface area contributed by atoms with E-state index in [0.29, 0.717) is 5.16 Å². The number of thioether (sulfide) groups is 1. The Bertz CT molecular complexity index is 498. The largest absolute Gasteiger partial charge is 0.468 e. The third kappa shape index (κ3) is 3.54. The van der Waals surface area contributed by atoms with E-state index in [1.807, 2.05) is 6.07 Å². The van der Waals surface area contributed by atoms with Gasteiger partial charge in [-0.2, -0.15) is 0 Å². The number of methoxy groups -OCH3 is 1. The van der Waals surface area contributed by atoms with E-state index in [4.69, 9.17) is 0 Å². The van der Waals surface area contributed by atoms with Crippen LogP contribution in [0.15, 0.2) is 22.7 Å². The number of rotatable bonds is 6. The Morgan fingerprint density at radius 3 is 3.22 bits per heavy atom. The maximum Gasteiger partial charge on any atom is 0.327 e. The van der Waals surface area contributed by atoms with Crippen molar-refractivity contribution in [2.75, 3.05) is 12.9 Å². The van der Waals surface area contributed by atoms with Gasteiger partial charge in [-0.1, -0.05) is 17.8 Å². The number of tetrazole rings is 1. The standard InChI is InChI=1S/C10H12N4O2S2/c1-16-9(15)7-14-10(11-12-13-14)18-6-4-8-3-2-5-17-8/h2-3,5H,4,6-7H2,1H3. The summed E-state index contributed by atoms with van der Waals surface area (Å²) in [7, 11) is 1.34. The Labute approximate surface area is 112 Å². The number of thiophene rings is 1. The van der Waals surface area contributed by atoms with E-state index < -0.39 is 0 Å². The van der Waals surface area contributed by atoms with E-state index in [0.717, 1.165) is 12.2 Å². The molecule has 0 N–H and O–H groups in total. The molecule has 0 saturated carbocycles. The minimum Gasteiger partial charge on any atom is -0.468 e. The monoisotopic (exact) mass is 284 g/mol. The molecule has 0 fully saturated rings. The molecule has 0 aliphatic carbocycles. The van der Waals surface area contributed by atoms with Gasteiger partial charge in [0.15, 0.2) is 0 Å². The maximum atomic E-state index is 11.1. The van der Waals surface area contributed by atoms with Crippen molar-refractivity contribution in [3.05, 3.63) is 22.4 Å². The fraction of sp³-hybridized carbons (Fsp3) is 0.400. The first-order chi connectivity index (χ1) is 8.79. The molecule has 0 bridgehead atoms. The molecule has 6 nitrogen and oxygen atoms in total. The molecule has 0 aliphatic rings. The third-order valence-electron chi connectivity index (χ3n) is 2.17. The average molecular weight is 284 g/mol. The SMILES string of the molecule is COC(=O)Cn1nnnc1SCCc1cccs1. The molecule has 0 radical (unpaired) electrons. The lowest BCUT2D eigenvalue weighted by molar-refractivity contribution is -0.141. The lowest BCUT2D eigenvalue weighted by Crippen LogP contribution is -2.13. The minimum atomic E-state index is -0.359. The Hall–Kier alpha value is -1.41. The summed E-state index contributed by atoms with van der Waals surface area (Å²) in [6.07, 6.45) is 0.966. The van der Waals surface area contributed by atoms with Crippen molar-refractivity contribution in [2.24, 2.45) is 0 Å². The van der Waals surface area contributed by atoms with Crippen molar-refractivity contribution in [1.29, 1.82) is 0 Å². The first-order valence-corrected chi connectivity index (χ1v) is 7.14. The van der Waals surface area contributed by atoms with Gasteiger partial charge < -0.3 is 4.74 Å². The van der Waals surface area contributed by atoms with Crippen molar-refractivity contribution in [3.8, 4) is 0 Å². The molecular weight excluding hydrogens is 272 g/mol. The first kappa shape index (κ1) is 13.0. The second-order valence-electron chi connectivity index (χ2n) is 3.37. The number of hydrogen-bond donors (Lipinski definition) is 0. The van der Waals surface area contributed by atoms with Crippen molar-refractivity contribution < 1.29 is 9.53 Å². The average Bonchev–Trinajstić information content (AvgIpc) is 3.01. The van der Waals surface area contributed by atoms with E-state index in [1.165, 1.54) is 28.4 Å². The Balaban J connectivity index is 1.85. The highest BCUT2D eigenvalue weighted by atomic mass is 32.2. The lowest BCUT2D eigenvalue weighted by atomic mass is 10.4. The van der Waals surface area contributed by atoms with Crippen LogP contribution in [0.4, 0.5) is 0 Å². The number of aromatic nitrogens is 4. The van der Waals surface area contributed by atoms with E-state index in [1.54, 1.807) is 11.3 Å². The minimum absolute atomic E-state index is 0.0465. The summed E-state index contributed by atoms with van der Waals surface area (Å²) >= 11 is 3.26. The van der Waals surface area contributed by atoms with Crippen LogP contribution < -0.4 is 0 Å². The molecule has 8 heteroatoms. The van der Waals surface area contributed by atoms with Crippen LogP contribution >= 0.6 is 23.1 Å². The fourth-order valence-corrected chi connectivity index (χ4v) is 2.97. The maximum absolute atomic E-state index is 11.1. The van der Waals surface area contributed by atoms with Crippen LogP contribution in [-0.2, 0) is 22.5 Å². The topological polar surface area (TPSA) is 69.9 Å². The summed E-state index contributed by atoms with van der Waals surface area (Å²) in [5.74, 6) is 0.518. The molecule has 2 rings (SSSR count). The fourth-order valence-electron chi connectivity index (χ4n) is 1.28. The van der Waals surface area contributed by atoms with E-state index in [2.05, 4.69) is 31.7 Å². The smallest absolute Gasteiger partial charge is 0.327 e. The van der Waals surface area contributed by atoms with Gasteiger partial charge in [-0.05, 0) is 28.3 Å². The second-order valence-corrected chi connectivity index (χ2v) is 5.47. The number of ether oxygens (including phenoxy) is 1. The summed E-state index contributed by atoms with van der Waals surface area (Å²) in [6.45, 7) is 0.0465. The van der Waals surface area contributed by atoms with Crippen LogP contribution in [0.2, 0.25) is 0 Å². The van der Waals surface area contributed by atoms with Crippen LogP contribution in [0, 0.1) is 0 Å². The van der Waals surface area contributed by atoms with Crippen molar-refractivity contribution >= 4 is 29.1 Å². The quantitative estimate of drug-likeness (QED) is 0.587. The highest BCUT2D eigenvalue weighted by Crippen LogP contribution is 2.17. The van der Waals surface area contributed by atoms with Crippen LogP contribution in [0.3, 0.4) is 0 Å². The third-order valence-corrected chi connectivity index (χ3v) is 4.06. The van der Waals surface area contributed by atoms with Gasteiger partial charge in [0.1, 0.15) is 6.54 Å². The van der Waals surface area contributed by atoms with E-state index in [-0.39, 0.29) is 12.5 Å². The van der Waals surface area contributed by atoms with Gasteiger partial charge in [-0.3, -0.25) is 4.79 Å². The summed E-state index contributed by atoms with van der Waals surface area (Å²) < 4.78 is 6.03. The zero-order valence-corrected chi connectivity index (χ0v) is 11.4. The van der Waals surface area contributed by atoms with Crippen molar-refractivity contribution in [2.45, 2.75) is 18.1 Å². The first-order valence-electron chi connectivity index (χ1n) is 5.28. The molecule has 0 atom stereocenters. The molecule has 2 heterocycles. The highest BCUT2D eigenvalue weighted by molar-refractivity contribution is 7.99. The molecule has 0 unspecified atom stereocenters. The molecule has 0 aliphatic heterocycles. The molecule has 18 heavy (non-hydrogen) atoms. The number of carbonyl (C=O) groups is 1. The number of carbonyl (C=O) groups excluding carboxylic acids is 1. The number of aryl methyl sites for hydroxylation is 1. The van der Waals surface area contributed by atoms with Crippen LogP contribution in [0.5, 0.6) is 0 Å². The Morgan fingerprint density at radius 2 is 2.50 bits per heavy atom. The van der Waals surface area contributed by atoms with Gasteiger partial charge in [0, 0.05) is 10.6 Å². The van der Waals surface area contributed by atoms with Crippen LogP contribution in [0.1, 0.15) is 4.88 Å². The summed E-state index contributed by atoms with van der Waals surface area (Å²) in [5, 5.41) is 13.9. The number of esters is 1. The summed E-state index contributed by atoms with van der Waals surface area (Å²) in [5.41, 5.74) is 0. The molecule has 0 aromatic carbocycles. The predicted molar refractivity (Wildman–Crippen MR) is 68.6 cm³/mol. The molecule has 0 amide bonds. The van der Waals surface area contributed by atoms with Gasteiger partial charge in [-0.25, -0.2) is 4.68 Å². The van der Waals surface area contributed by atoms with E-state index in [9.17, 15) is 4.79 Å². The van der Waals surface area contributed by atoms with Gasteiger partial charge in [-0.15, -0.1) is 16.4 Å². The van der Waals surface area contributed by atoms with E-state index >= 15 is 0 Å². The van der Waals surface area contributed by atoms with Gasteiger partial charge in [0.2, 0.25) is 5.16 Å². The zero-order chi connectivity index (χ0) is 12.8. The van der Waals surface area contributed by atoms with Crippen molar-refractivity contribution in [1.82, 2.24) is 20.2 Å². The zero-order valence-electron chi connectivity index (χ0n) is 9.78. The van der Waals surface area contributed by atoms with Gasteiger partial charge in [0.05, 0.1) is 7.11 Å². The highest BCUT2D eigenvalue weighted by Gasteiger charge is 2.10. The predicted octanol–water partition coefficient (Wildman–Crippen LogP) is 1.24. The second kappa shape index (κ2) is 6.50.